The van der Waals surface area contributed by atoms with Crippen LogP contribution in [0.25, 0.3) is 0 Å². The molecule has 0 aliphatic rings. The van der Waals surface area contributed by atoms with Crippen LogP contribution in [0.4, 0.5) is 0 Å². The summed E-state index contributed by atoms with van der Waals surface area (Å²) in [4.78, 5) is 1.29. The molecule has 1 atom stereocenters. The van der Waals surface area contributed by atoms with Gasteiger partial charge in [0.15, 0.2) is 9.84 Å². The number of thiophene rings is 1. The predicted molar refractivity (Wildman–Crippen MR) is 87.0 cm³/mol. The molecule has 0 saturated carbocycles. The van der Waals surface area contributed by atoms with E-state index >= 15 is 0 Å². The van der Waals surface area contributed by atoms with Crippen LogP contribution in [0.3, 0.4) is 0 Å². The Hall–Kier alpha value is 0.120. The first-order chi connectivity index (χ1) is 8.79. The van der Waals surface area contributed by atoms with Crippen LogP contribution in [0.2, 0.25) is 0 Å². The third kappa shape index (κ3) is 3.61. The molecule has 2 nitrogen and oxygen atoms in total. The van der Waals surface area contributed by atoms with Crippen molar-refractivity contribution in [3.8, 4) is 0 Å². The first-order valence-corrected chi connectivity index (χ1v) is 9.91. The van der Waals surface area contributed by atoms with Gasteiger partial charge in [-0.15, -0.1) is 22.9 Å². The Morgan fingerprint density at radius 2 is 1.79 bits per heavy atom. The molecule has 2 rings (SSSR count). The van der Waals surface area contributed by atoms with Crippen LogP contribution < -0.4 is 0 Å². The van der Waals surface area contributed by atoms with Gasteiger partial charge in [0.2, 0.25) is 0 Å². The van der Waals surface area contributed by atoms with Gasteiger partial charge in [-0.05, 0) is 55.6 Å². The predicted octanol–water partition coefficient (Wildman–Crippen LogP) is 5.00. The van der Waals surface area contributed by atoms with Crippen molar-refractivity contribution < 1.29 is 8.42 Å². The van der Waals surface area contributed by atoms with Crippen molar-refractivity contribution in [2.24, 2.45) is 0 Å². The molecule has 1 heterocycles. The minimum absolute atomic E-state index is 0.291. The van der Waals surface area contributed by atoms with Gasteiger partial charge >= 0.3 is 0 Å². The molecule has 0 fully saturated rings. The highest BCUT2D eigenvalue weighted by Gasteiger charge is 2.16. The van der Waals surface area contributed by atoms with Gasteiger partial charge in [-0.1, -0.05) is 12.1 Å². The van der Waals surface area contributed by atoms with E-state index in [2.05, 4.69) is 31.9 Å². The summed E-state index contributed by atoms with van der Waals surface area (Å²) in [5.74, 6) is 0. The molecule has 0 spiro atoms. The fraction of sp³-hybridized carbons (Fsp3) is 0.167. The molecule has 0 aliphatic heterocycles. The van der Waals surface area contributed by atoms with Crippen LogP contribution >= 0.6 is 54.8 Å². The number of alkyl halides is 1. The molecule has 19 heavy (non-hydrogen) atoms. The molecule has 0 bridgehead atoms. The lowest BCUT2D eigenvalue weighted by Crippen LogP contribution is -1.98. The molecule has 0 radical (unpaired) electrons. The zero-order valence-electron chi connectivity index (χ0n) is 9.73. The molecular formula is C12H9Br2ClO2S2. The van der Waals surface area contributed by atoms with Gasteiger partial charge in [0.05, 0.1) is 14.1 Å². The summed E-state index contributed by atoms with van der Waals surface area (Å²) in [5.41, 5.74) is 0.871. The lowest BCUT2D eigenvalue weighted by Gasteiger charge is -2.08. The van der Waals surface area contributed by atoms with Gasteiger partial charge in [-0.3, -0.25) is 0 Å². The van der Waals surface area contributed by atoms with E-state index in [0.717, 1.165) is 18.7 Å². The monoisotopic (exact) mass is 442 g/mol. The molecule has 2 aromatic rings. The third-order valence-corrected chi connectivity index (χ3v) is 7.58. The van der Waals surface area contributed by atoms with Gasteiger partial charge in [-0.2, -0.15) is 0 Å². The smallest absolute Gasteiger partial charge is 0.175 e. The van der Waals surface area contributed by atoms with E-state index in [1.807, 2.05) is 6.07 Å². The molecule has 0 N–H and O–H groups in total. The van der Waals surface area contributed by atoms with E-state index in [0.29, 0.717) is 4.90 Å². The summed E-state index contributed by atoms with van der Waals surface area (Å²) in [6.07, 6.45) is 1.19. The average molecular weight is 445 g/mol. The van der Waals surface area contributed by atoms with Gasteiger partial charge in [0, 0.05) is 15.6 Å². The summed E-state index contributed by atoms with van der Waals surface area (Å²) in [6, 6.07) is 8.61. The van der Waals surface area contributed by atoms with Crippen molar-refractivity contribution in [2.45, 2.75) is 10.3 Å². The van der Waals surface area contributed by atoms with Crippen molar-refractivity contribution in [1.82, 2.24) is 0 Å². The van der Waals surface area contributed by atoms with Crippen LogP contribution in [0.1, 0.15) is 15.8 Å². The number of hydrogen-bond donors (Lipinski definition) is 0. The zero-order valence-corrected chi connectivity index (χ0v) is 15.3. The van der Waals surface area contributed by atoms with E-state index in [4.69, 9.17) is 11.6 Å². The molecule has 102 valence electrons. The molecule has 7 heteroatoms. The topological polar surface area (TPSA) is 34.1 Å². The first kappa shape index (κ1) is 15.5. The highest BCUT2D eigenvalue weighted by Crippen LogP contribution is 2.40. The number of benzene rings is 1. The number of hydrogen-bond acceptors (Lipinski definition) is 3. The Morgan fingerprint density at radius 3 is 2.21 bits per heavy atom. The van der Waals surface area contributed by atoms with Crippen molar-refractivity contribution >= 4 is 64.6 Å². The van der Waals surface area contributed by atoms with Gasteiger partial charge < -0.3 is 0 Å². The normalized spacial score (nSPS) is 13.5. The molecule has 0 amide bonds. The Balaban J connectivity index is 2.32. The van der Waals surface area contributed by atoms with Crippen LogP contribution in [0, 0.1) is 0 Å². The van der Waals surface area contributed by atoms with E-state index < -0.39 is 9.84 Å². The van der Waals surface area contributed by atoms with Crippen LogP contribution in [-0.4, -0.2) is 14.7 Å². The highest BCUT2D eigenvalue weighted by molar-refractivity contribution is 9.13. The fourth-order valence-electron chi connectivity index (χ4n) is 1.54. The minimum atomic E-state index is -3.17. The quantitative estimate of drug-likeness (QED) is 0.624. The average Bonchev–Trinajstić information content (AvgIpc) is 2.68. The molecule has 1 aromatic carbocycles. The molecule has 1 aromatic heterocycles. The summed E-state index contributed by atoms with van der Waals surface area (Å²) in [7, 11) is -3.17. The van der Waals surface area contributed by atoms with Crippen molar-refractivity contribution in [1.29, 1.82) is 0 Å². The summed E-state index contributed by atoms with van der Waals surface area (Å²) in [6.45, 7) is 0. The van der Waals surface area contributed by atoms with Gasteiger partial charge in [0.1, 0.15) is 0 Å². The van der Waals surface area contributed by atoms with E-state index in [1.54, 1.807) is 35.6 Å². The van der Waals surface area contributed by atoms with Crippen LogP contribution in [-0.2, 0) is 9.84 Å². The maximum atomic E-state index is 11.4. The number of sulfone groups is 1. The third-order valence-electron chi connectivity index (χ3n) is 2.51. The van der Waals surface area contributed by atoms with Crippen molar-refractivity contribution in [3.05, 3.63) is 49.0 Å². The van der Waals surface area contributed by atoms with E-state index in [-0.39, 0.29) is 5.38 Å². The second-order valence-corrected chi connectivity index (χ2v) is 9.68. The number of rotatable bonds is 3. The van der Waals surface area contributed by atoms with Crippen molar-refractivity contribution in [3.63, 3.8) is 0 Å². The Morgan fingerprint density at radius 1 is 1.21 bits per heavy atom. The van der Waals surface area contributed by atoms with E-state index in [9.17, 15) is 8.42 Å². The minimum Gasteiger partial charge on any atom is -0.224 e. The molecule has 1 unspecified atom stereocenters. The standard InChI is InChI=1S/C12H9Br2ClO2S2/c1-19(16,17)8-4-2-7(3-5-8)11(15)10-6-9(13)12(14)18-10/h2-6,11H,1H3. The Kier molecular flexibility index (Phi) is 4.78. The maximum absolute atomic E-state index is 11.4. The van der Waals surface area contributed by atoms with Gasteiger partial charge in [-0.25, -0.2) is 8.42 Å². The summed E-state index contributed by atoms with van der Waals surface area (Å²) >= 11 is 14.8. The second-order valence-electron chi connectivity index (χ2n) is 3.97. The Bertz CT molecular complexity index is 674. The summed E-state index contributed by atoms with van der Waals surface area (Å²) < 4.78 is 24.7. The molecule has 0 aliphatic carbocycles. The lowest BCUT2D eigenvalue weighted by atomic mass is 10.1. The van der Waals surface area contributed by atoms with Crippen LogP contribution in [0.15, 0.2) is 43.5 Å². The fourth-order valence-corrected chi connectivity index (χ4v) is 4.60. The second kappa shape index (κ2) is 5.85. The SMILES string of the molecule is CS(=O)(=O)c1ccc(C(Cl)c2cc(Br)c(Br)s2)cc1. The van der Waals surface area contributed by atoms with E-state index in [1.165, 1.54) is 6.26 Å². The molecular weight excluding hydrogens is 436 g/mol. The van der Waals surface area contributed by atoms with Crippen LogP contribution in [0.5, 0.6) is 0 Å². The maximum Gasteiger partial charge on any atom is 0.175 e. The Labute approximate surface area is 138 Å². The van der Waals surface area contributed by atoms with Gasteiger partial charge in [0.25, 0.3) is 0 Å². The lowest BCUT2D eigenvalue weighted by molar-refractivity contribution is 0.602. The largest absolute Gasteiger partial charge is 0.224 e. The molecule has 0 saturated heterocycles. The summed E-state index contributed by atoms with van der Waals surface area (Å²) in [5, 5.41) is -0.291. The number of halogens is 3. The highest BCUT2D eigenvalue weighted by atomic mass is 79.9. The first-order valence-electron chi connectivity index (χ1n) is 5.18. The van der Waals surface area contributed by atoms with Crippen molar-refractivity contribution in [2.75, 3.05) is 6.26 Å². The zero-order chi connectivity index (χ0) is 14.2.